The number of nitro benzene ring substituents is 1. The summed E-state index contributed by atoms with van der Waals surface area (Å²) in [5, 5.41) is 11.2. The van der Waals surface area contributed by atoms with Gasteiger partial charge in [-0.2, -0.15) is 4.31 Å². The number of benzene rings is 2. The van der Waals surface area contributed by atoms with Crippen molar-refractivity contribution in [3.8, 4) is 0 Å². The molecule has 6 nitrogen and oxygen atoms in total. The van der Waals surface area contributed by atoms with E-state index < -0.39 is 14.9 Å². The Morgan fingerprint density at radius 1 is 1.19 bits per heavy atom. The van der Waals surface area contributed by atoms with E-state index in [1.54, 1.807) is 26.0 Å². The normalized spacial score (nSPS) is 14.5. The van der Waals surface area contributed by atoms with Gasteiger partial charge in [0.15, 0.2) is 0 Å². The second kappa shape index (κ2) is 7.36. The fourth-order valence-corrected chi connectivity index (χ4v) is 4.77. The quantitative estimate of drug-likeness (QED) is 0.528. The van der Waals surface area contributed by atoms with Gasteiger partial charge in [-0.15, -0.1) is 0 Å². The van der Waals surface area contributed by atoms with Gasteiger partial charge in [0.2, 0.25) is 10.0 Å². The van der Waals surface area contributed by atoms with E-state index in [4.69, 9.17) is 0 Å². The number of aryl methyl sites for hydroxylation is 1. The minimum absolute atomic E-state index is 0.0445. The monoisotopic (exact) mass is 392 g/mol. The fourth-order valence-electron chi connectivity index (χ4n) is 2.95. The lowest BCUT2D eigenvalue weighted by Crippen LogP contribution is -2.33. The second-order valence-corrected chi connectivity index (χ2v) is 8.92. The molecule has 0 atom stereocenters. The maximum Gasteiger partial charge on any atom is 0.271 e. The van der Waals surface area contributed by atoms with E-state index in [9.17, 15) is 22.9 Å². The van der Waals surface area contributed by atoms with Crippen LogP contribution in [-0.2, 0) is 16.6 Å². The van der Waals surface area contributed by atoms with E-state index in [1.165, 1.54) is 22.5 Å². The lowest BCUT2D eigenvalue weighted by atomic mass is 10.1. The highest BCUT2D eigenvalue weighted by atomic mass is 32.2. The van der Waals surface area contributed by atoms with Gasteiger partial charge >= 0.3 is 0 Å². The van der Waals surface area contributed by atoms with Crippen molar-refractivity contribution in [3.63, 3.8) is 0 Å². The van der Waals surface area contributed by atoms with E-state index in [2.05, 4.69) is 0 Å². The summed E-state index contributed by atoms with van der Waals surface area (Å²) in [5.41, 5.74) is 1.47. The lowest BCUT2D eigenvalue weighted by Gasteiger charge is -2.23. The van der Waals surface area contributed by atoms with Gasteiger partial charge in [-0.25, -0.2) is 12.8 Å². The Bertz CT molecular complexity index is 970. The SMILES string of the molecule is Cc1cc([N+](=O)[O-])cc(S(=O)(=O)N(Cc2ccc(F)cc2)CC2CC2)c1C. The van der Waals surface area contributed by atoms with Crippen LogP contribution in [0.25, 0.3) is 0 Å². The summed E-state index contributed by atoms with van der Waals surface area (Å²) in [4.78, 5) is 10.6. The van der Waals surface area contributed by atoms with Gasteiger partial charge in [-0.3, -0.25) is 10.1 Å². The Morgan fingerprint density at radius 2 is 1.81 bits per heavy atom. The van der Waals surface area contributed by atoms with Crippen LogP contribution in [0, 0.1) is 35.7 Å². The summed E-state index contributed by atoms with van der Waals surface area (Å²) in [5.74, 6) is -0.0965. The number of rotatable bonds is 7. The maximum absolute atomic E-state index is 13.3. The van der Waals surface area contributed by atoms with Crippen molar-refractivity contribution < 1.29 is 17.7 Å². The fraction of sp³-hybridized carbons (Fsp3) is 0.368. The largest absolute Gasteiger partial charge is 0.271 e. The van der Waals surface area contributed by atoms with Crippen molar-refractivity contribution in [2.24, 2.45) is 5.92 Å². The highest BCUT2D eigenvalue weighted by Gasteiger charge is 2.33. The summed E-state index contributed by atoms with van der Waals surface area (Å²) in [6, 6.07) is 8.19. The predicted molar refractivity (Wildman–Crippen MR) is 99.3 cm³/mol. The highest BCUT2D eigenvalue weighted by molar-refractivity contribution is 7.89. The van der Waals surface area contributed by atoms with Gasteiger partial charge in [-0.1, -0.05) is 12.1 Å². The molecule has 0 saturated heterocycles. The molecular formula is C19H21FN2O4S. The molecule has 0 bridgehead atoms. The molecule has 0 aromatic heterocycles. The Kier molecular flexibility index (Phi) is 5.30. The zero-order valence-corrected chi connectivity index (χ0v) is 16.0. The van der Waals surface area contributed by atoms with Crippen molar-refractivity contribution >= 4 is 15.7 Å². The van der Waals surface area contributed by atoms with Crippen LogP contribution in [-0.4, -0.2) is 24.2 Å². The number of nitro groups is 1. The van der Waals surface area contributed by atoms with Gasteiger partial charge in [-0.05, 0) is 61.4 Å². The van der Waals surface area contributed by atoms with E-state index in [0.717, 1.165) is 18.9 Å². The highest BCUT2D eigenvalue weighted by Crippen LogP contribution is 2.34. The van der Waals surface area contributed by atoms with Crippen LogP contribution in [0.4, 0.5) is 10.1 Å². The van der Waals surface area contributed by atoms with Gasteiger partial charge in [0.1, 0.15) is 5.82 Å². The summed E-state index contributed by atoms with van der Waals surface area (Å²) < 4.78 is 41.2. The van der Waals surface area contributed by atoms with Gasteiger partial charge in [0.05, 0.1) is 9.82 Å². The second-order valence-electron chi connectivity index (χ2n) is 7.01. The Hall–Kier alpha value is -2.32. The van der Waals surface area contributed by atoms with Crippen molar-refractivity contribution in [2.45, 2.75) is 38.1 Å². The molecule has 0 radical (unpaired) electrons. The Morgan fingerprint density at radius 3 is 2.37 bits per heavy atom. The van der Waals surface area contributed by atoms with E-state index in [1.807, 2.05) is 0 Å². The Labute approximate surface area is 157 Å². The summed E-state index contributed by atoms with van der Waals surface area (Å²) >= 11 is 0. The molecule has 2 aromatic carbocycles. The standard InChI is InChI=1S/C19H21FN2O4S/c1-13-9-18(22(23)24)10-19(14(13)2)27(25,26)21(11-15-3-4-15)12-16-5-7-17(20)8-6-16/h5-10,15H,3-4,11-12H2,1-2H3. The van der Waals surface area contributed by atoms with Crippen LogP contribution in [0.1, 0.15) is 29.5 Å². The average molecular weight is 392 g/mol. The average Bonchev–Trinajstić information content (AvgIpc) is 3.42. The molecule has 1 saturated carbocycles. The molecule has 0 spiro atoms. The minimum Gasteiger partial charge on any atom is -0.258 e. The first-order valence-corrected chi connectivity index (χ1v) is 10.1. The van der Waals surface area contributed by atoms with E-state index >= 15 is 0 Å². The molecule has 0 amide bonds. The molecule has 0 aliphatic heterocycles. The summed E-state index contributed by atoms with van der Waals surface area (Å²) in [6.07, 6.45) is 1.92. The van der Waals surface area contributed by atoms with Crippen LogP contribution in [0.3, 0.4) is 0 Å². The zero-order valence-electron chi connectivity index (χ0n) is 15.2. The zero-order chi connectivity index (χ0) is 19.8. The third-order valence-corrected chi connectivity index (χ3v) is 6.80. The number of halogens is 1. The molecule has 3 rings (SSSR count). The number of sulfonamides is 1. The van der Waals surface area contributed by atoms with Crippen molar-refractivity contribution in [2.75, 3.05) is 6.54 Å². The van der Waals surface area contributed by atoms with Gasteiger partial charge in [0.25, 0.3) is 5.69 Å². The number of hydrogen-bond acceptors (Lipinski definition) is 4. The number of hydrogen-bond donors (Lipinski definition) is 0. The molecule has 1 fully saturated rings. The third kappa shape index (κ3) is 4.33. The van der Waals surface area contributed by atoms with Crippen LogP contribution >= 0.6 is 0 Å². The number of nitrogens with zero attached hydrogens (tertiary/aromatic N) is 2. The Balaban J connectivity index is 2.02. The maximum atomic E-state index is 13.3. The molecule has 1 aliphatic rings. The van der Waals surface area contributed by atoms with Crippen LogP contribution in [0.15, 0.2) is 41.3 Å². The van der Waals surface area contributed by atoms with E-state index in [0.29, 0.717) is 29.2 Å². The van der Waals surface area contributed by atoms with Gasteiger partial charge < -0.3 is 0 Å². The first kappa shape index (κ1) is 19.4. The first-order chi connectivity index (χ1) is 12.7. The molecule has 0 N–H and O–H groups in total. The smallest absolute Gasteiger partial charge is 0.258 e. The van der Waals surface area contributed by atoms with Crippen LogP contribution in [0.5, 0.6) is 0 Å². The molecular weight excluding hydrogens is 371 g/mol. The van der Waals surface area contributed by atoms with Crippen molar-refractivity contribution in [1.82, 2.24) is 4.31 Å². The third-order valence-electron chi connectivity index (χ3n) is 4.86. The minimum atomic E-state index is -3.94. The first-order valence-electron chi connectivity index (χ1n) is 8.68. The summed E-state index contributed by atoms with van der Waals surface area (Å²) in [7, 11) is -3.94. The molecule has 0 heterocycles. The van der Waals surface area contributed by atoms with Crippen molar-refractivity contribution in [1.29, 1.82) is 0 Å². The molecule has 27 heavy (non-hydrogen) atoms. The summed E-state index contributed by atoms with van der Waals surface area (Å²) in [6.45, 7) is 3.76. The van der Waals surface area contributed by atoms with Crippen LogP contribution < -0.4 is 0 Å². The molecule has 144 valence electrons. The molecule has 0 unspecified atom stereocenters. The molecule has 8 heteroatoms. The van der Waals surface area contributed by atoms with Gasteiger partial charge in [0, 0.05) is 25.2 Å². The predicted octanol–water partition coefficient (Wildman–Crippen LogP) is 3.95. The number of non-ortho nitro benzene ring substituents is 1. The van der Waals surface area contributed by atoms with Crippen LogP contribution in [0.2, 0.25) is 0 Å². The molecule has 2 aromatic rings. The van der Waals surface area contributed by atoms with E-state index in [-0.39, 0.29) is 22.9 Å². The molecule has 1 aliphatic carbocycles. The topological polar surface area (TPSA) is 80.5 Å². The van der Waals surface area contributed by atoms with Crippen molar-refractivity contribution in [3.05, 3.63) is 69.0 Å². The lowest BCUT2D eigenvalue weighted by molar-refractivity contribution is -0.385.